The number of nitrogens with two attached hydrogens (primary N) is 1. The Hall–Kier alpha value is -3.34. The van der Waals surface area contributed by atoms with E-state index in [1.165, 1.54) is 10.8 Å². The summed E-state index contributed by atoms with van der Waals surface area (Å²) in [7, 11) is 0. The van der Waals surface area contributed by atoms with Crippen molar-refractivity contribution in [3.8, 4) is 22.9 Å². The topological polar surface area (TPSA) is 127 Å². The summed E-state index contributed by atoms with van der Waals surface area (Å²) >= 11 is 5.96. The molecule has 6 rings (SSSR count). The van der Waals surface area contributed by atoms with Crippen molar-refractivity contribution in [2.75, 3.05) is 23.9 Å². The van der Waals surface area contributed by atoms with Crippen LogP contribution in [0.15, 0.2) is 29.2 Å². The van der Waals surface area contributed by atoms with Crippen molar-refractivity contribution in [1.82, 2.24) is 4.57 Å². The molecule has 36 heavy (non-hydrogen) atoms. The van der Waals surface area contributed by atoms with Crippen molar-refractivity contribution in [2.45, 2.75) is 37.5 Å². The third-order valence-electron chi connectivity index (χ3n) is 7.20. The first-order chi connectivity index (χ1) is 17.1. The molecule has 0 amide bonds. The van der Waals surface area contributed by atoms with E-state index in [1.54, 1.807) is 24.0 Å². The van der Waals surface area contributed by atoms with Gasteiger partial charge in [-0.2, -0.15) is 0 Å². The Morgan fingerprint density at radius 2 is 2.11 bits per heavy atom. The van der Waals surface area contributed by atoms with Crippen LogP contribution >= 0.6 is 11.6 Å². The summed E-state index contributed by atoms with van der Waals surface area (Å²) < 4.78 is 29.4. The number of aliphatic hydroxyl groups is 1. The zero-order valence-electron chi connectivity index (χ0n) is 19.3. The number of halogens is 2. The molecule has 11 heteroatoms. The van der Waals surface area contributed by atoms with Crippen LogP contribution in [-0.4, -0.2) is 57.5 Å². The first kappa shape index (κ1) is 23.1. The SMILES string of the molecule is C[C@@](O)(CCl)[C@H]1Cc2ccc3c(c2O1)-n1cc(C(=O)O)c(=O)c2cc(F)c(N4CC[C@H](N)C4)c(c21)O3. The van der Waals surface area contributed by atoms with E-state index < -0.39 is 34.5 Å². The summed E-state index contributed by atoms with van der Waals surface area (Å²) in [5, 5.41) is 20.3. The standard InChI is InChI=1S/C25H23ClFN3O6/c1-25(34,10-26)17-6-11-2-3-16-20(22(11)36-17)30-9-14(24(32)33)21(31)13-7-15(27)19(23(35-16)18(13)30)29-5-4-12(28)8-29/h2-3,7,9,12,17,34H,4-6,8,10,28H2,1H3,(H,32,33)/t12-,17+,25+/m0/s1. The number of aromatic carboxylic acids is 1. The lowest BCUT2D eigenvalue weighted by molar-refractivity contribution is -0.0201. The number of carboxylic acids is 1. The number of benzene rings is 2. The number of aromatic nitrogens is 1. The van der Waals surface area contributed by atoms with Crippen LogP contribution in [0, 0.1) is 5.82 Å². The Labute approximate surface area is 209 Å². The van der Waals surface area contributed by atoms with Crippen LogP contribution in [0.1, 0.15) is 29.3 Å². The molecule has 3 aliphatic rings. The maximum Gasteiger partial charge on any atom is 0.341 e. The van der Waals surface area contributed by atoms with Crippen LogP contribution in [-0.2, 0) is 6.42 Å². The molecule has 1 saturated heterocycles. The molecule has 4 N–H and O–H groups in total. The number of ether oxygens (including phenoxy) is 2. The smallest absolute Gasteiger partial charge is 0.341 e. The van der Waals surface area contributed by atoms with Crippen molar-refractivity contribution in [2.24, 2.45) is 5.73 Å². The van der Waals surface area contributed by atoms with E-state index in [0.717, 1.165) is 11.6 Å². The van der Waals surface area contributed by atoms with Crippen LogP contribution in [0.5, 0.6) is 17.2 Å². The molecular formula is C25H23ClFN3O6. The Bertz CT molecular complexity index is 1520. The molecule has 0 bridgehead atoms. The van der Waals surface area contributed by atoms with E-state index in [1.807, 2.05) is 0 Å². The van der Waals surface area contributed by atoms with Crippen LogP contribution in [0.3, 0.4) is 0 Å². The van der Waals surface area contributed by atoms with Crippen molar-refractivity contribution < 1.29 is 28.9 Å². The van der Waals surface area contributed by atoms with Crippen LogP contribution in [0.25, 0.3) is 16.6 Å². The second kappa shape index (κ2) is 7.83. The highest BCUT2D eigenvalue weighted by atomic mass is 35.5. The molecule has 3 aromatic rings. The number of hydrogen-bond donors (Lipinski definition) is 3. The molecular weight excluding hydrogens is 493 g/mol. The predicted molar refractivity (Wildman–Crippen MR) is 131 cm³/mol. The molecule has 3 atom stereocenters. The third kappa shape index (κ3) is 3.21. The number of alkyl halides is 1. The molecule has 9 nitrogen and oxygen atoms in total. The van der Waals surface area contributed by atoms with E-state index >= 15 is 4.39 Å². The van der Waals surface area contributed by atoms with Gasteiger partial charge in [-0.25, -0.2) is 9.18 Å². The largest absolute Gasteiger partial charge is 0.484 e. The summed E-state index contributed by atoms with van der Waals surface area (Å²) in [4.78, 5) is 26.8. The van der Waals surface area contributed by atoms with Gasteiger partial charge in [0.2, 0.25) is 5.43 Å². The van der Waals surface area contributed by atoms with E-state index in [2.05, 4.69) is 0 Å². The molecule has 4 heterocycles. The highest BCUT2D eigenvalue weighted by Gasteiger charge is 2.41. The molecule has 0 aliphatic carbocycles. The van der Waals surface area contributed by atoms with Crippen molar-refractivity contribution in [1.29, 1.82) is 0 Å². The molecule has 1 fully saturated rings. The lowest BCUT2D eigenvalue weighted by Gasteiger charge is -2.30. The number of rotatable bonds is 4. The highest BCUT2D eigenvalue weighted by Crippen LogP contribution is 2.52. The molecule has 0 spiro atoms. The van der Waals surface area contributed by atoms with Crippen molar-refractivity contribution in [3.05, 3.63) is 51.6 Å². The summed E-state index contributed by atoms with van der Waals surface area (Å²) in [5.41, 5.74) is 4.94. The zero-order valence-corrected chi connectivity index (χ0v) is 20.0. The minimum atomic E-state index is -1.44. The summed E-state index contributed by atoms with van der Waals surface area (Å²) in [6, 6.07) is 4.39. The van der Waals surface area contributed by atoms with Gasteiger partial charge >= 0.3 is 5.97 Å². The van der Waals surface area contributed by atoms with Gasteiger partial charge in [-0.15, -0.1) is 11.6 Å². The highest BCUT2D eigenvalue weighted by molar-refractivity contribution is 6.18. The van der Waals surface area contributed by atoms with Gasteiger partial charge in [0.05, 0.1) is 11.3 Å². The third-order valence-corrected chi connectivity index (χ3v) is 7.74. The van der Waals surface area contributed by atoms with Gasteiger partial charge in [0.25, 0.3) is 0 Å². The maximum atomic E-state index is 15.5. The average Bonchev–Trinajstić information content (AvgIpc) is 3.47. The average molecular weight is 516 g/mol. The summed E-state index contributed by atoms with van der Waals surface area (Å²) in [5.74, 6) is -1.40. The number of carbonyl (C=O) groups is 1. The minimum absolute atomic E-state index is 0.0563. The monoisotopic (exact) mass is 515 g/mol. The number of nitrogens with zero attached hydrogens (tertiary/aromatic N) is 2. The summed E-state index contributed by atoms with van der Waals surface area (Å²) in [6.45, 7) is 2.49. The Morgan fingerprint density at radius 3 is 2.78 bits per heavy atom. The van der Waals surface area contributed by atoms with Gasteiger partial charge in [0, 0.05) is 37.3 Å². The first-order valence-corrected chi connectivity index (χ1v) is 12.1. The van der Waals surface area contributed by atoms with Crippen LogP contribution in [0.2, 0.25) is 0 Å². The molecule has 0 unspecified atom stereocenters. The van der Waals surface area contributed by atoms with Gasteiger partial charge in [0.15, 0.2) is 23.1 Å². The second-order valence-corrected chi connectivity index (χ2v) is 10.0. The van der Waals surface area contributed by atoms with E-state index in [-0.39, 0.29) is 34.3 Å². The number of pyridine rings is 1. The van der Waals surface area contributed by atoms with Crippen LogP contribution < -0.4 is 25.5 Å². The molecule has 0 saturated carbocycles. The van der Waals surface area contributed by atoms with E-state index in [9.17, 15) is 19.8 Å². The Morgan fingerprint density at radius 1 is 1.33 bits per heavy atom. The lowest BCUT2D eigenvalue weighted by Crippen LogP contribution is -2.44. The van der Waals surface area contributed by atoms with Gasteiger partial charge in [-0.3, -0.25) is 4.79 Å². The number of anilines is 1. The van der Waals surface area contributed by atoms with Crippen molar-refractivity contribution >= 4 is 34.2 Å². The molecule has 2 aromatic carbocycles. The van der Waals surface area contributed by atoms with Crippen LogP contribution in [0.4, 0.5) is 10.1 Å². The van der Waals surface area contributed by atoms with E-state index in [4.69, 9.17) is 26.8 Å². The fraction of sp³-hybridized carbons (Fsp3) is 0.360. The summed E-state index contributed by atoms with van der Waals surface area (Å²) in [6.07, 6.45) is 1.60. The lowest BCUT2D eigenvalue weighted by atomic mass is 9.96. The fourth-order valence-corrected chi connectivity index (χ4v) is 5.42. The van der Waals surface area contributed by atoms with Gasteiger partial charge in [-0.05, 0) is 25.5 Å². The molecule has 1 aromatic heterocycles. The number of hydrogen-bond acceptors (Lipinski definition) is 7. The predicted octanol–water partition coefficient (Wildman–Crippen LogP) is 2.76. The minimum Gasteiger partial charge on any atom is -0.484 e. The van der Waals surface area contributed by atoms with Crippen molar-refractivity contribution in [3.63, 3.8) is 0 Å². The second-order valence-electron chi connectivity index (χ2n) is 9.78. The number of carboxylic acid groups (broad SMARTS) is 1. The first-order valence-electron chi connectivity index (χ1n) is 11.6. The quantitative estimate of drug-likeness (QED) is 0.354. The Kier molecular flexibility index (Phi) is 5.02. The fourth-order valence-electron chi connectivity index (χ4n) is 5.25. The maximum absolute atomic E-state index is 15.5. The normalized spacial score (nSPS) is 21.5. The number of fused-ring (bicyclic) bond motifs is 4. The van der Waals surface area contributed by atoms with Gasteiger partial charge in [0.1, 0.15) is 34.2 Å². The Balaban J connectivity index is 1.65. The molecule has 188 valence electrons. The van der Waals surface area contributed by atoms with Gasteiger partial charge in [-0.1, -0.05) is 6.07 Å². The molecule has 0 radical (unpaired) electrons. The molecule has 3 aliphatic heterocycles. The zero-order chi connectivity index (χ0) is 25.5. The van der Waals surface area contributed by atoms with Gasteiger partial charge < -0.3 is 34.9 Å². The van der Waals surface area contributed by atoms with E-state index in [0.29, 0.717) is 43.1 Å².